The number of aliphatic hydroxyl groups excluding tert-OH is 1. The average Bonchev–Trinajstić information content (AvgIpc) is 2.44. The first-order chi connectivity index (χ1) is 9.49. The molecule has 1 atom stereocenters. The standard InChI is InChI=1S/C15H12ClF3O/c16-12-3-1-2-11(14(12)17)8-13(20)9-4-6-10(7-5-9)15(18)19/h1-7,13,15,20H,8H2. The second-order valence-electron chi connectivity index (χ2n) is 4.40. The van der Waals surface area contributed by atoms with Gasteiger partial charge in [0.25, 0.3) is 6.43 Å². The summed E-state index contributed by atoms with van der Waals surface area (Å²) < 4.78 is 38.5. The molecule has 0 bridgehead atoms. The lowest BCUT2D eigenvalue weighted by Gasteiger charge is -2.13. The van der Waals surface area contributed by atoms with E-state index in [0.717, 1.165) is 0 Å². The number of aliphatic hydroxyl groups is 1. The van der Waals surface area contributed by atoms with Crippen molar-refractivity contribution in [2.75, 3.05) is 0 Å². The van der Waals surface area contributed by atoms with Crippen LogP contribution in [0.2, 0.25) is 5.02 Å². The second-order valence-corrected chi connectivity index (χ2v) is 4.81. The van der Waals surface area contributed by atoms with Gasteiger partial charge in [0.15, 0.2) is 0 Å². The van der Waals surface area contributed by atoms with Crippen LogP contribution in [0.15, 0.2) is 42.5 Å². The highest BCUT2D eigenvalue weighted by Crippen LogP contribution is 2.25. The Balaban J connectivity index is 2.15. The molecular weight excluding hydrogens is 289 g/mol. The highest BCUT2D eigenvalue weighted by Gasteiger charge is 2.14. The summed E-state index contributed by atoms with van der Waals surface area (Å²) in [5, 5.41) is 10.0. The Morgan fingerprint density at radius 2 is 1.60 bits per heavy atom. The fraction of sp³-hybridized carbons (Fsp3) is 0.200. The van der Waals surface area contributed by atoms with Gasteiger partial charge in [0.05, 0.1) is 11.1 Å². The summed E-state index contributed by atoms with van der Waals surface area (Å²) in [7, 11) is 0. The van der Waals surface area contributed by atoms with Crippen molar-refractivity contribution in [3.63, 3.8) is 0 Å². The zero-order valence-corrected chi connectivity index (χ0v) is 11.1. The van der Waals surface area contributed by atoms with E-state index in [9.17, 15) is 18.3 Å². The molecule has 0 aliphatic rings. The molecule has 106 valence electrons. The van der Waals surface area contributed by atoms with E-state index in [4.69, 9.17) is 11.6 Å². The minimum absolute atomic E-state index is 0.0113. The third-order valence-corrected chi connectivity index (χ3v) is 3.31. The molecule has 2 aromatic rings. The van der Waals surface area contributed by atoms with Gasteiger partial charge in [0.2, 0.25) is 0 Å². The van der Waals surface area contributed by atoms with Crippen molar-refractivity contribution in [2.24, 2.45) is 0 Å². The van der Waals surface area contributed by atoms with Gasteiger partial charge in [-0.05, 0) is 17.2 Å². The van der Waals surface area contributed by atoms with E-state index in [0.29, 0.717) is 5.56 Å². The number of halogens is 4. The first kappa shape index (κ1) is 14.9. The zero-order valence-electron chi connectivity index (χ0n) is 10.4. The Hall–Kier alpha value is -1.52. The van der Waals surface area contributed by atoms with Crippen LogP contribution >= 0.6 is 11.6 Å². The molecule has 0 saturated heterocycles. The smallest absolute Gasteiger partial charge is 0.263 e. The maximum absolute atomic E-state index is 13.7. The van der Waals surface area contributed by atoms with Crippen LogP contribution in [-0.4, -0.2) is 5.11 Å². The number of rotatable bonds is 4. The minimum atomic E-state index is -2.55. The molecule has 5 heteroatoms. The molecular formula is C15H12ClF3O. The summed E-state index contributed by atoms with van der Waals surface area (Å²) in [4.78, 5) is 0. The van der Waals surface area contributed by atoms with Crippen molar-refractivity contribution in [3.05, 3.63) is 70.0 Å². The van der Waals surface area contributed by atoms with Crippen LogP contribution in [-0.2, 0) is 6.42 Å². The Labute approximate surface area is 119 Å². The van der Waals surface area contributed by atoms with E-state index in [-0.39, 0.29) is 22.6 Å². The Morgan fingerprint density at radius 1 is 1.00 bits per heavy atom. The molecule has 0 amide bonds. The molecule has 1 unspecified atom stereocenters. The third-order valence-electron chi connectivity index (χ3n) is 3.02. The van der Waals surface area contributed by atoms with Gasteiger partial charge in [-0.2, -0.15) is 0 Å². The van der Waals surface area contributed by atoms with E-state index < -0.39 is 18.3 Å². The van der Waals surface area contributed by atoms with Gasteiger partial charge in [0.1, 0.15) is 5.82 Å². The van der Waals surface area contributed by atoms with Crippen LogP contribution in [0.5, 0.6) is 0 Å². The van der Waals surface area contributed by atoms with E-state index in [1.165, 1.54) is 36.4 Å². The highest BCUT2D eigenvalue weighted by atomic mass is 35.5. The van der Waals surface area contributed by atoms with Crippen LogP contribution in [0, 0.1) is 5.82 Å². The van der Waals surface area contributed by atoms with Crippen LogP contribution < -0.4 is 0 Å². The van der Waals surface area contributed by atoms with Gasteiger partial charge in [-0.25, -0.2) is 13.2 Å². The molecule has 0 heterocycles. The van der Waals surface area contributed by atoms with Crippen LogP contribution in [0.1, 0.15) is 29.2 Å². The predicted molar refractivity (Wildman–Crippen MR) is 71.5 cm³/mol. The molecule has 1 N–H and O–H groups in total. The van der Waals surface area contributed by atoms with Crippen LogP contribution in [0.3, 0.4) is 0 Å². The SMILES string of the molecule is OC(Cc1cccc(Cl)c1F)c1ccc(C(F)F)cc1. The van der Waals surface area contributed by atoms with E-state index in [1.807, 2.05) is 0 Å². The van der Waals surface area contributed by atoms with Gasteiger partial charge < -0.3 is 5.11 Å². The van der Waals surface area contributed by atoms with Crippen LogP contribution in [0.25, 0.3) is 0 Å². The molecule has 0 aliphatic heterocycles. The second kappa shape index (κ2) is 6.29. The van der Waals surface area contributed by atoms with Crippen molar-refractivity contribution in [1.29, 1.82) is 0 Å². The molecule has 0 aromatic heterocycles. The topological polar surface area (TPSA) is 20.2 Å². The minimum Gasteiger partial charge on any atom is -0.388 e. The molecule has 0 spiro atoms. The summed E-state index contributed by atoms with van der Waals surface area (Å²) in [6.07, 6.45) is -3.50. The van der Waals surface area contributed by atoms with Crippen molar-refractivity contribution >= 4 is 11.6 Å². The van der Waals surface area contributed by atoms with Gasteiger partial charge in [-0.3, -0.25) is 0 Å². The summed E-state index contributed by atoms with van der Waals surface area (Å²) >= 11 is 5.66. The van der Waals surface area contributed by atoms with Gasteiger partial charge in [0, 0.05) is 12.0 Å². The molecule has 2 aromatic carbocycles. The lowest BCUT2D eigenvalue weighted by Crippen LogP contribution is -2.04. The van der Waals surface area contributed by atoms with E-state index in [2.05, 4.69) is 0 Å². The number of alkyl halides is 2. The maximum atomic E-state index is 13.7. The van der Waals surface area contributed by atoms with Crippen molar-refractivity contribution in [1.82, 2.24) is 0 Å². The summed E-state index contributed by atoms with van der Waals surface area (Å²) in [6, 6.07) is 9.86. The molecule has 2 rings (SSSR count). The third kappa shape index (κ3) is 3.32. The summed E-state index contributed by atoms with van der Waals surface area (Å²) in [6.45, 7) is 0. The van der Waals surface area contributed by atoms with E-state index >= 15 is 0 Å². The first-order valence-electron chi connectivity index (χ1n) is 5.98. The molecule has 0 aliphatic carbocycles. The van der Waals surface area contributed by atoms with Crippen molar-refractivity contribution in [2.45, 2.75) is 19.0 Å². The maximum Gasteiger partial charge on any atom is 0.263 e. The molecule has 1 nitrogen and oxygen atoms in total. The molecule has 20 heavy (non-hydrogen) atoms. The first-order valence-corrected chi connectivity index (χ1v) is 6.36. The lowest BCUT2D eigenvalue weighted by molar-refractivity contribution is 0.151. The van der Waals surface area contributed by atoms with Gasteiger partial charge in [-0.15, -0.1) is 0 Å². The van der Waals surface area contributed by atoms with Crippen molar-refractivity contribution < 1.29 is 18.3 Å². The predicted octanol–water partition coefficient (Wildman–Crippen LogP) is 4.69. The normalized spacial score (nSPS) is 12.7. The lowest BCUT2D eigenvalue weighted by atomic mass is 10.00. The summed E-state index contributed by atoms with van der Waals surface area (Å²) in [5.74, 6) is -0.572. The summed E-state index contributed by atoms with van der Waals surface area (Å²) in [5.41, 5.74) is 0.617. The highest BCUT2D eigenvalue weighted by molar-refractivity contribution is 6.30. The molecule has 0 fully saturated rings. The molecule has 0 saturated carbocycles. The van der Waals surface area contributed by atoms with Gasteiger partial charge >= 0.3 is 0 Å². The van der Waals surface area contributed by atoms with Gasteiger partial charge in [-0.1, -0.05) is 48.0 Å². The van der Waals surface area contributed by atoms with E-state index in [1.54, 1.807) is 6.07 Å². The monoisotopic (exact) mass is 300 g/mol. The number of hydrogen-bond acceptors (Lipinski definition) is 1. The quantitative estimate of drug-likeness (QED) is 0.868. The number of benzene rings is 2. The number of hydrogen-bond donors (Lipinski definition) is 1. The largest absolute Gasteiger partial charge is 0.388 e. The Kier molecular flexibility index (Phi) is 4.68. The van der Waals surface area contributed by atoms with Crippen LogP contribution in [0.4, 0.5) is 13.2 Å². The Morgan fingerprint density at radius 3 is 2.20 bits per heavy atom. The van der Waals surface area contributed by atoms with Crippen molar-refractivity contribution in [3.8, 4) is 0 Å². The fourth-order valence-corrected chi connectivity index (χ4v) is 2.09. The average molecular weight is 301 g/mol. The fourth-order valence-electron chi connectivity index (χ4n) is 1.90. The zero-order chi connectivity index (χ0) is 14.7. The molecule has 0 radical (unpaired) electrons. The Bertz CT molecular complexity index is 584.